The number of benzene rings is 1. The third-order valence-corrected chi connectivity index (χ3v) is 5.54. The van der Waals surface area contributed by atoms with Crippen molar-refractivity contribution in [3.8, 4) is 5.75 Å². The lowest BCUT2D eigenvalue weighted by atomic mass is 9.73. The zero-order valence-electron chi connectivity index (χ0n) is 16.1. The Bertz CT molecular complexity index is 915. The van der Waals surface area contributed by atoms with Gasteiger partial charge >= 0.3 is 0 Å². The SMILES string of the molecule is CCOc1ccc([C@@H]2C3=C(CC(C)(C)CC3=O)Nc3nc(SC)nn32)cc1. The average Bonchev–Trinajstić information content (AvgIpc) is 3.02. The summed E-state index contributed by atoms with van der Waals surface area (Å²) in [6.07, 6.45) is 3.32. The predicted octanol–water partition coefficient (Wildman–Crippen LogP) is 4.06. The first-order valence-corrected chi connectivity index (χ1v) is 10.4. The van der Waals surface area contributed by atoms with E-state index in [-0.39, 0.29) is 17.2 Å². The van der Waals surface area contributed by atoms with Gasteiger partial charge in [0.2, 0.25) is 11.1 Å². The van der Waals surface area contributed by atoms with Gasteiger partial charge in [0.25, 0.3) is 0 Å². The first-order valence-electron chi connectivity index (χ1n) is 9.18. The highest BCUT2D eigenvalue weighted by Crippen LogP contribution is 2.45. The van der Waals surface area contributed by atoms with Crippen LogP contribution in [0.2, 0.25) is 0 Å². The summed E-state index contributed by atoms with van der Waals surface area (Å²) in [6.45, 7) is 6.86. The van der Waals surface area contributed by atoms with Crippen LogP contribution in [0, 0.1) is 5.41 Å². The fraction of sp³-hybridized carbons (Fsp3) is 0.450. The minimum Gasteiger partial charge on any atom is -0.494 e. The van der Waals surface area contributed by atoms with E-state index in [4.69, 9.17) is 4.74 Å². The molecular weight excluding hydrogens is 360 g/mol. The second kappa shape index (κ2) is 6.71. The third-order valence-electron chi connectivity index (χ3n) is 5.00. The number of anilines is 1. The van der Waals surface area contributed by atoms with E-state index < -0.39 is 0 Å². The molecule has 1 atom stereocenters. The van der Waals surface area contributed by atoms with Crippen LogP contribution in [-0.4, -0.2) is 33.4 Å². The summed E-state index contributed by atoms with van der Waals surface area (Å²) in [5.74, 6) is 1.70. The number of rotatable bonds is 4. The van der Waals surface area contributed by atoms with Gasteiger partial charge in [0.1, 0.15) is 11.8 Å². The van der Waals surface area contributed by atoms with E-state index in [1.165, 1.54) is 11.8 Å². The number of allylic oxidation sites excluding steroid dienone is 2. The number of nitrogens with one attached hydrogen (secondary N) is 1. The number of ether oxygens (including phenoxy) is 1. The predicted molar refractivity (Wildman–Crippen MR) is 106 cm³/mol. The highest BCUT2D eigenvalue weighted by atomic mass is 32.2. The molecule has 0 amide bonds. The van der Waals surface area contributed by atoms with E-state index >= 15 is 0 Å². The van der Waals surface area contributed by atoms with Gasteiger partial charge in [0.15, 0.2) is 5.78 Å². The Morgan fingerprint density at radius 2 is 2.04 bits per heavy atom. The monoisotopic (exact) mass is 384 g/mol. The molecule has 2 aromatic rings. The number of aromatic nitrogens is 3. The molecule has 27 heavy (non-hydrogen) atoms. The largest absolute Gasteiger partial charge is 0.494 e. The Morgan fingerprint density at radius 3 is 2.70 bits per heavy atom. The van der Waals surface area contributed by atoms with Crippen molar-refractivity contribution in [3.63, 3.8) is 0 Å². The molecule has 1 N–H and O–H groups in total. The van der Waals surface area contributed by atoms with Crippen LogP contribution in [0.25, 0.3) is 0 Å². The average molecular weight is 385 g/mol. The van der Waals surface area contributed by atoms with Crippen LogP contribution in [0.4, 0.5) is 5.95 Å². The Morgan fingerprint density at radius 1 is 1.30 bits per heavy atom. The summed E-state index contributed by atoms with van der Waals surface area (Å²) in [4.78, 5) is 17.7. The van der Waals surface area contributed by atoms with Gasteiger partial charge in [-0.2, -0.15) is 4.98 Å². The van der Waals surface area contributed by atoms with E-state index in [0.29, 0.717) is 24.1 Å². The minimum absolute atomic E-state index is 0.0587. The quantitative estimate of drug-likeness (QED) is 0.802. The number of ketones is 1. The summed E-state index contributed by atoms with van der Waals surface area (Å²) >= 11 is 1.50. The van der Waals surface area contributed by atoms with Gasteiger partial charge in [0, 0.05) is 17.7 Å². The van der Waals surface area contributed by atoms with Crippen LogP contribution >= 0.6 is 11.8 Å². The number of carbonyl (C=O) groups is 1. The van der Waals surface area contributed by atoms with Gasteiger partial charge in [-0.3, -0.25) is 4.79 Å². The van der Waals surface area contributed by atoms with Gasteiger partial charge in [-0.1, -0.05) is 37.7 Å². The van der Waals surface area contributed by atoms with Crippen molar-refractivity contribution in [3.05, 3.63) is 41.1 Å². The van der Waals surface area contributed by atoms with E-state index in [9.17, 15) is 4.79 Å². The summed E-state index contributed by atoms with van der Waals surface area (Å²) in [5, 5.41) is 8.71. The number of thioether (sulfide) groups is 1. The lowest BCUT2D eigenvalue weighted by Gasteiger charge is -2.38. The van der Waals surface area contributed by atoms with Gasteiger partial charge < -0.3 is 10.1 Å². The van der Waals surface area contributed by atoms with E-state index in [2.05, 4.69) is 29.2 Å². The van der Waals surface area contributed by atoms with Crippen molar-refractivity contribution in [1.29, 1.82) is 0 Å². The van der Waals surface area contributed by atoms with Crippen LogP contribution in [0.15, 0.2) is 40.7 Å². The maximum atomic E-state index is 13.1. The number of Topliss-reactive ketones (excluding diaryl/α,β-unsaturated/α-hetero) is 1. The summed E-state index contributed by atoms with van der Waals surface area (Å²) in [5.41, 5.74) is 2.74. The number of fused-ring (bicyclic) bond motifs is 1. The Hall–Kier alpha value is -2.28. The molecule has 142 valence electrons. The van der Waals surface area contributed by atoms with Crippen molar-refractivity contribution in [1.82, 2.24) is 14.8 Å². The topological polar surface area (TPSA) is 69.0 Å². The molecule has 2 heterocycles. The minimum atomic E-state index is -0.260. The zero-order chi connectivity index (χ0) is 19.2. The normalized spacial score (nSPS) is 20.7. The molecule has 0 saturated carbocycles. The molecule has 1 aliphatic heterocycles. The van der Waals surface area contributed by atoms with E-state index in [1.54, 1.807) is 0 Å². The van der Waals surface area contributed by atoms with Crippen molar-refractivity contribution in [2.24, 2.45) is 5.41 Å². The molecule has 0 fully saturated rings. The van der Waals surface area contributed by atoms with Gasteiger partial charge in [-0.25, -0.2) is 4.68 Å². The van der Waals surface area contributed by atoms with Crippen molar-refractivity contribution >= 4 is 23.5 Å². The molecule has 7 heteroatoms. The van der Waals surface area contributed by atoms with Crippen molar-refractivity contribution in [2.45, 2.75) is 44.8 Å². The summed E-state index contributed by atoms with van der Waals surface area (Å²) < 4.78 is 7.41. The van der Waals surface area contributed by atoms with Crippen molar-refractivity contribution in [2.75, 3.05) is 18.2 Å². The molecule has 0 radical (unpaired) electrons. The number of hydrogen-bond donors (Lipinski definition) is 1. The lowest BCUT2D eigenvalue weighted by molar-refractivity contribution is -0.118. The second-order valence-corrected chi connectivity index (χ2v) is 8.50. The Labute approximate surface area is 163 Å². The third kappa shape index (κ3) is 3.25. The standard InChI is InChI=1S/C20H24N4O2S/c1-5-26-13-8-6-12(7-9-13)17-16-14(10-20(2,3)11-15(16)25)21-18-22-19(27-4)23-24(17)18/h6-9,17H,5,10-11H2,1-4H3,(H,21,22,23)/t17-/m1/s1. The second-order valence-electron chi connectivity index (χ2n) is 7.73. The van der Waals surface area contributed by atoms with Crippen molar-refractivity contribution < 1.29 is 9.53 Å². The fourth-order valence-electron chi connectivity index (χ4n) is 3.90. The van der Waals surface area contributed by atoms with Crippen LogP contribution in [-0.2, 0) is 4.79 Å². The first kappa shape index (κ1) is 18.1. The van der Waals surface area contributed by atoms with Gasteiger partial charge in [-0.15, -0.1) is 5.10 Å². The molecule has 4 rings (SSSR count). The number of nitrogens with zero attached hydrogens (tertiary/aromatic N) is 3. The van der Waals surface area contributed by atoms with Gasteiger partial charge in [-0.05, 0) is 42.7 Å². The fourth-order valence-corrected chi connectivity index (χ4v) is 4.24. The van der Waals surface area contributed by atoms with E-state index in [0.717, 1.165) is 29.0 Å². The van der Waals surface area contributed by atoms with Gasteiger partial charge in [0.05, 0.1) is 6.61 Å². The molecule has 1 aliphatic carbocycles. The molecule has 6 nitrogen and oxygen atoms in total. The molecule has 0 bridgehead atoms. The van der Waals surface area contributed by atoms with E-state index in [1.807, 2.05) is 42.1 Å². The lowest BCUT2D eigenvalue weighted by Crippen LogP contribution is -2.36. The Kier molecular flexibility index (Phi) is 4.50. The molecule has 1 aromatic heterocycles. The molecule has 0 spiro atoms. The van der Waals surface area contributed by atoms with Crippen LogP contribution < -0.4 is 10.1 Å². The van der Waals surface area contributed by atoms with Crippen LogP contribution in [0.5, 0.6) is 5.75 Å². The maximum Gasteiger partial charge on any atom is 0.227 e. The number of hydrogen-bond acceptors (Lipinski definition) is 6. The molecule has 1 aromatic carbocycles. The molecule has 2 aliphatic rings. The Balaban J connectivity index is 1.84. The van der Waals surface area contributed by atoms with Crippen LogP contribution in [0.1, 0.15) is 45.2 Å². The first-order chi connectivity index (χ1) is 12.9. The highest BCUT2D eigenvalue weighted by Gasteiger charge is 2.41. The highest BCUT2D eigenvalue weighted by molar-refractivity contribution is 7.98. The maximum absolute atomic E-state index is 13.1. The smallest absolute Gasteiger partial charge is 0.227 e. The van der Waals surface area contributed by atoms with Crippen LogP contribution in [0.3, 0.4) is 0 Å². The summed E-state index contributed by atoms with van der Waals surface area (Å²) in [6, 6.07) is 7.67. The molecule has 0 saturated heterocycles. The molecule has 0 unspecified atom stereocenters. The number of carbonyl (C=O) groups excluding carboxylic acids is 1. The molecular formula is C20H24N4O2S. The zero-order valence-corrected chi connectivity index (χ0v) is 16.9. The summed E-state index contributed by atoms with van der Waals surface area (Å²) in [7, 11) is 0.